The number of hydrogen-bond donors (Lipinski definition) is 2. The lowest BCUT2D eigenvalue weighted by Gasteiger charge is -2.14. The monoisotopic (exact) mass is 257 g/mol. The van der Waals surface area contributed by atoms with Crippen LogP contribution in [0.15, 0.2) is 36.5 Å². The quantitative estimate of drug-likeness (QED) is 0.649. The molecule has 0 saturated carbocycles. The first-order valence-electron chi connectivity index (χ1n) is 6.31. The molecule has 1 aromatic carbocycles. The van der Waals surface area contributed by atoms with Crippen molar-refractivity contribution in [2.75, 3.05) is 5.43 Å². The zero-order valence-corrected chi connectivity index (χ0v) is 11.5. The van der Waals surface area contributed by atoms with Gasteiger partial charge in [-0.05, 0) is 36.1 Å². The number of nitrogen functional groups attached to an aromatic ring is 1. The van der Waals surface area contributed by atoms with Crippen LogP contribution in [0.2, 0.25) is 0 Å². The first-order chi connectivity index (χ1) is 9.10. The highest BCUT2D eigenvalue weighted by atomic mass is 16.5. The molecule has 1 aromatic heterocycles. The van der Waals surface area contributed by atoms with Gasteiger partial charge >= 0.3 is 0 Å². The molecular weight excluding hydrogens is 238 g/mol. The first kappa shape index (κ1) is 13.4. The Balaban J connectivity index is 2.33. The SMILES string of the molecule is Cc1ccc(C(C)C)c(Oc2ccnc(NN)c2)c1. The molecule has 100 valence electrons. The lowest BCUT2D eigenvalue weighted by molar-refractivity contribution is 0.472. The number of ether oxygens (including phenoxy) is 1. The Morgan fingerprint density at radius 2 is 2.00 bits per heavy atom. The smallest absolute Gasteiger partial charge is 0.143 e. The van der Waals surface area contributed by atoms with Gasteiger partial charge in [0.2, 0.25) is 0 Å². The molecule has 0 aliphatic rings. The van der Waals surface area contributed by atoms with Gasteiger partial charge in [0.1, 0.15) is 17.3 Å². The van der Waals surface area contributed by atoms with Crippen molar-refractivity contribution in [1.82, 2.24) is 4.98 Å². The molecule has 0 radical (unpaired) electrons. The molecule has 0 saturated heterocycles. The first-order valence-corrected chi connectivity index (χ1v) is 6.31. The van der Waals surface area contributed by atoms with E-state index in [9.17, 15) is 0 Å². The molecule has 0 spiro atoms. The predicted octanol–water partition coefficient (Wildman–Crippen LogP) is 3.59. The van der Waals surface area contributed by atoms with E-state index in [-0.39, 0.29) is 0 Å². The normalized spacial score (nSPS) is 10.6. The maximum Gasteiger partial charge on any atom is 0.143 e. The Kier molecular flexibility index (Phi) is 4.02. The van der Waals surface area contributed by atoms with Gasteiger partial charge in [0, 0.05) is 12.3 Å². The van der Waals surface area contributed by atoms with Crippen LogP contribution in [0.1, 0.15) is 30.9 Å². The van der Waals surface area contributed by atoms with Crippen LogP contribution >= 0.6 is 0 Å². The summed E-state index contributed by atoms with van der Waals surface area (Å²) in [5, 5.41) is 0. The summed E-state index contributed by atoms with van der Waals surface area (Å²) in [4.78, 5) is 4.06. The van der Waals surface area contributed by atoms with Crippen LogP contribution in [0.4, 0.5) is 5.82 Å². The summed E-state index contributed by atoms with van der Waals surface area (Å²) in [5.41, 5.74) is 4.87. The average Bonchev–Trinajstić information content (AvgIpc) is 2.38. The van der Waals surface area contributed by atoms with E-state index in [0.29, 0.717) is 11.7 Å². The summed E-state index contributed by atoms with van der Waals surface area (Å²) in [6.45, 7) is 6.35. The van der Waals surface area contributed by atoms with Crippen molar-refractivity contribution < 1.29 is 4.74 Å². The van der Waals surface area contributed by atoms with Crippen molar-refractivity contribution in [1.29, 1.82) is 0 Å². The van der Waals surface area contributed by atoms with Crippen LogP contribution < -0.4 is 16.0 Å². The molecule has 0 aliphatic carbocycles. The minimum Gasteiger partial charge on any atom is -0.457 e. The van der Waals surface area contributed by atoms with E-state index in [1.54, 1.807) is 12.3 Å². The third-order valence-corrected chi connectivity index (χ3v) is 2.90. The molecular formula is C15H19N3O. The van der Waals surface area contributed by atoms with E-state index in [2.05, 4.69) is 43.3 Å². The second kappa shape index (κ2) is 5.71. The zero-order valence-electron chi connectivity index (χ0n) is 11.5. The molecule has 1 heterocycles. The third kappa shape index (κ3) is 3.23. The number of rotatable bonds is 4. The van der Waals surface area contributed by atoms with Gasteiger partial charge in [-0.1, -0.05) is 26.0 Å². The van der Waals surface area contributed by atoms with Gasteiger partial charge < -0.3 is 10.2 Å². The number of pyridine rings is 1. The van der Waals surface area contributed by atoms with Gasteiger partial charge in [-0.2, -0.15) is 0 Å². The molecule has 3 N–H and O–H groups in total. The van der Waals surface area contributed by atoms with Gasteiger partial charge in [0.05, 0.1) is 0 Å². The molecule has 0 bridgehead atoms. The number of nitrogens with two attached hydrogens (primary N) is 1. The molecule has 0 aliphatic heterocycles. The lowest BCUT2D eigenvalue weighted by Crippen LogP contribution is -2.08. The van der Waals surface area contributed by atoms with E-state index in [0.717, 1.165) is 11.5 Å². The van der Waals surface area contributed by atoms with E-state index < -0.39 is 0 Å². The fourth-order valence-electron chi connectivity index (χ4n) is 1.89. The van der Waals surface area contributed by atoms with Crippen molar-refractivity contribution >= 4 is 5.82 Å². The minimum atomic E-state index is 0.407. The zero-order chi connectivity index (χ0) is 13.8. The molecule has 2 aromatic rings. The Labute approximate surface area is 113 Å². The maximum atomic E-state index is 5.96. The number of anilines is 1. The third-order valence-electron chi connectivity index (χ3n) is 2.90. The largest absolute Gasteiger partial charge is 0.457 e. The van der Waals surface area contributed by atoms with Crippen molar-refractivity contribution in [3.05, 3.63) is 47.7 Å². The summed E-state index contributed by atoms with van der Waals surface area (Å²) in [7, 11) is 0. The van der Waals surface area contributed by atoms with E-state index in [1.165, 1.54) is 11.1 Å². The number of benzene rings is 1. The summed E-state index contributed by atoms with van der Waals surface area (Å²) < 4.78 is 5.96. The number of aromatic nitrogens is 1. The van der Waals surface area contributed by atoms with Gasteiger partial charge in [0.25, 0.3) is 0 Å². The number of hydrazine groups is 1. The number of nitrogens with zero attached hydrogens (tertiary/aromatic N) is 1. The van der Waals surface area contributed by atoms with Gasteiger partial charge in [0.15, 0.2) is 0 Å². The molecule has 19 heavy (non-hydrogen) atoms. The van der Waals surface area contributed by atoms with Crippen LogP contribution in [0.25, 0.3) is 0 Å². The highest BCUT2D eigenvalue weighted by Gasteiger charge is 2.09. The molecule has 4 nitrogen and oxygen atoms in total. The number of aryl methyl sites for hydroxylation is 1. The van der Waals surface area contributed by atoms with Crippen LogP contribution in [0, 0.1) is 6.92 Å². The second-order valence-corrected chi connectivity index (χ2v) is 4.82. The summed E-state index contributed by atoms with van der Waals surface area (Å²) in [5.74, 6) is 7.93. The van der Waals surface area contributed by atoms with Crippen molar-refractivity contribution in [3.8, 4) is 11.5 Å². The van der Waals surface area contributed by atoms with Crippen molar-refractivity contribution in [3.63, 3.8) is 0 Å². The van der Waals surface area contributed by atoms with Crippen LogP contribution in [0.3, 0.4) is 0 Å². The Bertz CT molecular complexity index is 567. The topological polar surface area (TPSA) is 60.2 Å². The highest BCUT2D eigenvalue weighted by Crippen LogP contribution is 2.31. The van der Waals surface area contributed by atoms with E-state index in [1.807, 2.05) is 12.1 Å². The van der Waals surface area contributed by atoms with Gasteiger partial charge in [-0.25, -0.2) is 10.8 Å². The average molecular weight is 257 g/mol. The van der Waals surface area contributed by atoms with Gasteiger partial charge in [-0.3, -0.25) is 0 Å². The fourth-order valence-corrected chi connectivity index (χ4v) is 1.89. The molecule has 0 unspecified atom stereocenters. The minimum absolute atomic E-state index is 0.407. The van der Waals surface area contributed by atoms with Crippen molar-refractivity contribution in [2.24, 2.45) is 5.84 Å². The Morgan fingerprint density at radius 1 is 1.21 bits per heavy atom. The maximum absolute atomic E-state index is 5.96. The lowest BCUT2D eigenvalue weighted by atomic mass is 10.0. The fraction of sp³-hybridized carbons (Fsp3) is 0.267. The summed E-state index contributed by atoms with van der Waals surface area (Å²) >= 11 is 0. The van der Waals surface area contributed by atoms with Crippen LogP contribution in [-0.2, 0) is 0 Å². The number of nitrogens with one attached hydrogen (secondary N) is 1. The molecule has 2 rings (SSSR count). The van der Waals surface area contributed by atoms with Crippen LogP contribution in [0.5, 0.6) is 11.5 Å². The predicted molar refractivity (Wildman–Crippen MR) is 77.4 cm³/mol. The standard InChI is InChI=1S/C15H19N3O/c1-10(2)13-5-4-11(3)8-14(13)19-12-6-7-17-15(9-12)18-16/h4-10H,16H2,1-3H3,(H,17,18). The van der Waals surface area contributed by atoms with E-state index in [4.69, 9.17) is 10.6 Å². The second-order valence-electron chi connectivity index (χ2n) is 4.82. The molecule has 0 atom stereocenters. The summed E-state index contributed by atoms with van der Waals surface area (Å²) in [6, 6.07) is 9.84. The van der Waals surface area contributed by atoms with Gasteiger partial charge in [-0.15, -0.1) is 0 Å². The molecule has 4 heteroatoms. The highest BCUT2D eigenvalue weighted by molar-refractivity contribution is 5.45. The molecule has 0 fully saturated rings. The van der Waals surface area contributed by atoms with Crippen LogP contribution in [-0.4, -0.2) is 4.98 Å². The molecule has 0 amide bonds. The summed E-state index contributed by atoms with van der Waals surface area (Å²) in [6.07, 6.45) is 1.66. The van der Waals surface area contributed by atoms with E-state index >= 15 is 0 Å². The Morgan fingerprint density at radius 3 is 2.68 bits per heavy atom. The Hall–Kier alpha value is -2.07. The number of hydrogen-bond acceptors (Lipinski definition) is 4. The van der Waals surface area contributed by atoms with Crippen molar-refractivity contribution in [2.45, 2.75) is 26.7 Å².